The molecular weight excluding hydrogens is 329 g/mol. The number of carbonyl (C=O) groups excluding carboxylic acids is 1. The number of rotatable bonds is 1. The van der Waals surface area contributed by atoms with E-state index in [1.807, 2.05) is 25.3 Å². The van der Waals surface area contributed by atoms with Crippen molar-refractivity contribution in [1.29, 1.82) is 5.26 Å². The number of ketones is 1. The van der Waals surface area contributed by atoms with Crippen LogP contribution < -0.4 is 16.0 Å². The van der Waals surface area contributed by atoms with Crippen molar-refractivity contribution in [3.05, 3.63) is 68.6 Å². The molecule has 2 aliphatic rings. The highest BCUT2D eigenvalue weighted by Gasteiger charge is 2.27. The van der Waals surface area contributed by atoms with Gasteiger partial charge in [0, 0.05) is 24.9 Å². The summed E-state index contributed by atoms with van der Waals surface area (Å²) in [6.07, 6.45) is 4.44. The molecule has 0 radical (unpaired) electrons. The number of allylic oxidation sites excluding steroid dienone is 2. The summed E-state index contributed by atoms with van der Waals surface area (Å²) >= 11 is 0. The van der Waals surface area contributed by atoms with Crippen LogP contribution in [0.15, 0.2) is 29.8 Å². The zero-order chi connectivity index (χ0) is 18.4. The van der Waals surface area contributed by atoms with Crippen LogP contribution in [0.25, 0.3) is 11.8 Å². The van der Waals surface area contributed by atoms with Crippen molar-refractivity contribution in [2.75, 3.05) is 6.54 Å². The van der Waals surface area contributed by atoms with Crippen LogP contribution in [0.1, 0.15) is 33.5 Å². The first-order valence-electron chi connectivity index (χ1n) is 8.63. The average molecular weight is 347 g/mol. The van der Waals surface area contributed by atoms with Gasteiger partial charge in [-0.05, 0) is 49.1 Å². The molecule has 1 aliphatic heterocycles. The highest BCUT2D eigenvalue weighted by molar-refractivity contribution is 6.16. The Hall–Kier alpha value is -3.13. The zero-order valence-electron chi connectivity index (χ0n) is 14.7. The van der Waals surface area contributed by atoms with Crippen molar-refractivity contribution in [2.45, 2.75) is 26.8 Å². The number of aryl methyl sites for hydroxylation is 1. The molecule has 5 heteroatoms. The molecule has 0 unspecified atom stereocenters. The Balaban J connectivity index is 2.17. The number of halogens is 1. The molecular formula is C21H18FN3O. The molecule has 0 atom stereocenters. The van der Waals surface area contributed by atoms with Gasteiger partial charge in [-0.25, -0.2) is 4.39 Å². The summed E-state index contributed by atoms with van der Waals surface area (Å²) in [5.74, 6) is -0.557. The van der Waals surface area contributed by atoms with Gasteiger partial charge < -0.3 is 9.88 Å². The van der Waals surface area contributed by atoms with E-state index in [0.29, 0.717) is 16.7 Å². The Morgan fingerprint density at radius 1 is 1.31 bits per heavy atom. The second-order valence-electron chi connectivity index (χ2n) is 6.71. The normalized spacial score (nSPS) is 15.8. The minimum atomic E-state index is -0.298. The lowest BCUT2D eigenvalue weighted by atomic mass is 9.90. The number of hydrogen-bond donors (Lipinski definition) is 1. The highest BCUT2D eigenvalue weighted by atomic mass is 19.1. The number of nitriles is 1. The Bertz CT molecular complexity index is 1150. The van der Waals surface area contributed by atoms with Crippen molar-refractivity contribution >= 4 is 17.6 Å². The molecule has 0 fully saturated rings. The van der Waals surface area contributed by atoms with E-state index < -0.39 is 0 Å². The van der Waals surface area contributed by atoms with Crippen molar-refractivity contribution in [1.82, 2.24) is 9.88 Å². The molecule has 1 aromatic carbocycles. The summed E-state index contributed by atoms with van der Waals surface area (Å²) in [6, 6.07) is 7.04. The maximum atomic E-state index is 14.2. The van der Waals surface area contributed by atoms with Gasteiger partial charge in [0.15, 0.2) is 0 Å². The van der Waals surface area contributed by atoms with Crippen molar-refractivity contribution in [3.8, 4) is 6.07 Å². The number of aromatic nitrogens is 1. The second-order valence-corrected chi connectivity index (χ2v) is 6.71. The zero-order valence-corrected chi connectivity index (χ0v) is 14.7. The number of Topliss-reactive ketones (excluding diaryl/α,β-unsaturated/α-hetero) is 1. The molecule has 0 bridgehead atoms. The Morgan fingerprint density at radius 3 is 2.85 bits per heavy atom. The summed E-state index contributed by atoms with van der Waals surface area (Å²) in [5, 5.41) is 14.4. The summed E-state index contributed by atoms with van der Waals surface area (Å²) in [4.78, 5) is 12.8. The summed E-state index contributed by atoms with van der Waals surface area (Å²) in [7, 11) is 0. The first kappa shape index (κ1) is 16.3. The molecule has 2 aromatic rings. The van der Waals surface area contributed by atoms with Gasteiger partial charge in [-0.15, -0.1) is 0 Å². The van der Waals surface area contributed by atoms with Gasteiger partial charge in [0.05, 0.1) is 16.3 Å². The lowest BCUT2D eigenvalue weighted by Crippen LogP contribution is -2.32. The van der Waals surface area contributed by atoms with Gasteiger partial charge in [0.1, 0.15) is 17.5 Å². The third-order valence-corrected chi connectivity index (χ3v) is 5.12. The molecule has 1 N–H and O–H groups in total. The molecule has 4 rings (SSSR count). The summed E-state index contributed by atoms with van der Waals surface area (Å²) < 4.78 is 16.3. The van der Waals surface area contributed by atoms with Gasteiger partial charge in [-0.3, -0.25) is 4.79 Å². The van der Waals surface area contributed by atoms with Gasteiger partial charge >= 0.3 is 0 Å². The van der Waals surface area contributed by atoms with E-state index in [-0.39, 0.29) is 17.2 Å². The molecule has 2 heterocycles. The number of hydrogen-bond acceptors (Lipinski definition) is 3. The second kappa shape index (κ2) is 5.99. The fraction of sp³-hybridized carbons (Fsp3) is 0.238. The first-order chi connectivity index (χ1) is 12.5. The lowest BCUT2D eigenvalue weighted by Gasteiger charge is -2.14. The summed E-state index contributed by atoms with van der Waals surface area (Å²) in [5.41, 5.74) is 3.45. The van der Waals surface area contributed by atoms with Gasteiger partial charge in [0.25, 0.3) is 0 Å². The van der Waals surface area contributed by atoms with Gasteiger partial charge in [-0.2, -0.15) is 5.26 Å². The summed E-state index contributed by atoms with van der Waals surface area (Å²) in [6.45, 7) is 5.23. The maximum absolute atomic E-state index is 14.2. The minimum absolute atomic E-state index is 0.0882. The van der Waals surface area contributed by atoms with Gasteiger partial charge in [-0.1, -0.05) is 12.1 Å². The molecule has 0 amide bonds. The van der Waals surface area contributed by atoms with Crippen molar-refractivity contribution in [3.63, 3.8) is 0 Å². The molecule has 26 heavy (non-hydrogen) atoms. The van der Waals surface area contributed by atoms with Crippen LogP contribution in [0.4, 0.5) is 4.39 Å². The van der Waals surface area contributed by atoms with E-state index in [1.54, 1.807) is 19.1 Å². The van der Waals surface area contributed by atoms with Crippen LogP contribution in [0.2, 0.25) is 0 Å². The standard InChI is InChI=1S/C21H18FN3O/c1-12-4-5-14(9-17(12)22)16-8-15(10-23)21(26)19-13(2)18-11-24-6-3-7-25(18)20(16)19/h4-5,8-9,11,24H,3,6-7H2,1-2H3. The molecule has 4 nitrogen and oxygen atoms in total. The average Bonchev–Trinajstić information content (AvgIpc) is 2.79. The van der Waals surface area contributed by atoms with Crippen molar-refractivity contribution < 1.29 is 9.18 Å². The van der Waals surface area contributed by atoms with Gasteiger partial charge in [0.2, 0.25) is 5.78 Å². The third kappa shape index (κ3) is 2.30. The maximum Gasteiger partial charge on any atom is 0.206 e. The lowest BCUT2D eigenvalue weighted by molar-refractivity contribution is 0.103. The molecule has 0 saturated carbocycles. The third-order valence-electron chi connectivity index (χ3n) is 5.12. The minimum Gasteiger partial charge on any atom is -0.389 e. The fourth-order valence-electron chi connectivity index (χ4n) is 3.72. The highest BCUT2D eigenvalue weighted by Crippen LogP contribution is 2.24. The molecule has 0 saturated heterocycles. The Labute approximate surface area is 150 Å². The Morgan fingerprint density at radius 2 is 2.12 bits per heavy atom. The predicted molar refractivity (Wildman–Crippen MR) is 97.2 cm³/mol. The smallest absolute Gasteiger partial charge is 0.206 e. The fourth-order valence-corrected chi connectivity index (χ4v) is 3.72. The van der Waals surface area contributed by atoms with E-state index in [1.165, 1.54) is 6.07 Å². The number of carbonyl (C=O) groups is 1. The number of benzene rings is 1. The van der Waals surface area contributed by atoms with E-state index in [9.17, 15) is 14.4 Å². The van der Waals surface area contributed by atoms with Crippen LogP contribution >= 0.6 is 0 Å². The molecule has 0 spiro atoms. The Kier molecular flexibility index (Phi) is 3.77. The SMILES string of the molecule is Cc1ccc(C2=c3c(c(C)c4n3CCCNC=4)C(=O)C(C#N)=C2)cc1F. The van der Waals surface area contributed by atoms with Crippen LogP contribution in [-0.2, 0) is 6.54 Å². The molecule has 130 valence electrons. The van der Waals surface area contributed by atoms with E-state index >= 15 is 0 Å². The number of fused-ring (bicyclic) bond motifs is 3. The van der Waals surface area contributed by atoms with E-state index in [4.69, 9.17) is 0 Å². The monoisotopic (exact) mass is 347 g/mol. The molecule has 1 aliphatic carbocycles. The van der Waals surface area contributed by atoms with E-state index in [2.05, 4.69) is 9.88 Å². The quantitative estimate of drug-likeness (QED) is 0.856. The van der Waals surface area contributed by atoms with Crippen molar-refractivity contribution in [2.24, 2.45) is 0 Å². The first-order valence-corrected chi connectivity index (χ1v) is 8.63. The van der Waals surface area contributed by atoms with E-state index in [0.717, 1.165) is 41.3 Å². The van der Waals surface area contributed by atoms with Crippen LogP contribution in [-0.4, -0.2) is 16.9 Å². The van der Waals surface area contributed by atoms with Crippen LogP contribution in [0.5, 0.6) is 0 Å². The number of nitrogens with zero attached hydrogens (tertiary/aromatic N) is 2. The molecule has 1 aromatic heterocycles. The predicted octanol–water partition coefficient (Wildman–Crippen LogP) is 1.82. The largest absolute Gasteiger partial charge is 0.389 e. The van der Waals surface area contributed by atoms with Crippen LogP contribution in [0.3, 0.4) is 0 Å². The number of nitrogens with one attached hydrogen (secondary N) is 1. The topological polar surface area (TPSA) is 57.8 Å². The van der Waals surface area contributed by atoms with Crippen LogP contribution in [0, 0.1) is 31.0 Å².